The number of carboxylic acids is 1. The number of carboxylic acid groups (broad SMARTS) is 1. The van der Waals surface area contributed by atoms with Gasteiger partial charge in [0.05, 0.1) is 0 Å². The molecule has 0 aliphatic heterocycles. The summed E-state index contributed by atoms with van der Waals surface area (Å²) in [6.07, 6.45) is 5.33. The lowest BCUT2D eigenvalue weighted by molar-refractivity contribution is -0.138. The van der Waals surface area contributed by atoms with Gasteiger partial charge in [-0.15, -0.1) is 0 Å². The maximum atomic E-state index is 12.2. The van der Waals surface area contributed by atoms with Crippen LogP contribution in [0.1, 0.15) is 52.9 Å². The molecule has 0 aromatic carbocycles. The highest BCUT2D eigenvalue weighted by molar-refractivity contribution is 5.82. The Labute approximate surface area is 115 Å². The summed E-state index contributed by atoms with van der Waals surface area (Å²) in [7, 11) is 0. The highest BCUT2D eigenvalue weighted by Gasteiger charge is 2.28. The zero-order valence-corrected chi connectivity index (χ0v) is 12.2. The summed E-state index contributed by atoms with van der Waals surface area (Å²) >= 11 is 0. The van der Waals surface area contributed by atoms with Crippen molar-refractivity contribution in [3.8, 4) is 0 Å². The molecule has 0 heterocycles. The topological polar surface area (TPSA) is 69.6 Å². The van der Waals surface area contributed by atoms with Gasteiger partial charge in [0.1, 0.15) is 6.04 Å². The van der Waals surface area contributed by atoms with E-state index in [1.165, 1.54) is 6.92 Å². The molecule has 1 saturated carbocycles. The highest BCUT2D eigenvalue weighted by Crippen LogP contribution is 2.24. The van der Waals surface area contributed by atoms with Gasteiger partial charge < -0.3 is 15.3 Å². The number of nitrogens with one attached hydrogen (secondary N) is 1. The van der Waals surface area contributed by atoms with Crippen molar-refractivity contribution in [1.82, 2.24) is 10.2 Å². The fourth-order valence-corrected chi connectivity index (χ4v) is 2.39. The molecule has 1 rings (SSSR count). The van der Waals surface area contributed by atoms with Gasteiger partial charge in [-0.25, -0.2) is 4.79 Å². The van der Waals surface area contributed by atoms with E-state index in [1.807, 2.05) is 4.90 Å². The van der Waals surface area contributed by atoms with Gasteiger partial charge in [0.25, 0.3) is 0 Å². The first-order valence-corrected chi connectivity index (χ1v) is 7.21. The van der Waals surface area contributed by atoms with Crippen LogP contribution in [0.3, 0.4) is 0 Å². The summed E-state index contributed by atoms with van der Waals surface area (Å²) in [4.78, 5) is 24.9. The number of carbonyl (C=O) groups is 2. The van der Waals surface area contributed by atoms with Crippen LogP contribution >= 0.6 is 0 Å². The molecule has 0 aromatic heterocycles. The van der Waals surface area contributed by atoms with Gasteiger partial charge in [0, 0.05) is 12.6 Å². The third-order valence-corrected chi connectivity index (χ3v) is 3.68. The van der Waals surface area contributed by atoms with E-state index in [2.05, 4.69) is 19.2 Å². The Hall–Kier alpha value is -1.26. The molecule has 19 heavy (non-hydrogen) atoms. The van der Waals surface area contributed by atoms with Crippen molar-refractivity contribution in [2.24, 2.45) is 5.92 Å². The second-order valence-electron chi connectivity index (χ2n) is 5.82. The van der Waals surface area contributed by atoms with Crippen molar-refractivity contribution in [3.05, 3.63) is 0 Å². The average molecular weight is 270 g/mol. The maximum absolute atomic E-state index is 12.2. The molecule has 1 fully saturated rings. The van der Waals surface area contributed by atoms with E-state index >= 15 is 0 Å². The zero-order valence-electron chi connectivity index (χ0n) is 12.2. The first kappa shape index (κ1) is 15.8. The van der Waals surface area contributed by atoms with Gasteiger partial charge >= 0.3 is 12.0 Å². The standard InChI is InChI=1S/C14H26N2O3/c1-10(2)8-9-16(12-6-4-5-7-12)14(19)15-11(3)13(17)18/h10-12H,4-9H2,1-3H3,(H,15,19)(H,17,18)/t11-/m1/s1. The molecule has 2 N–H and O–H groups in total. The molecule has 5 nitrogen and oxygen atoms in total. The zero-order chi connectivity index (χ0) is 14.4. The monoisotopic (exact) mass is 270 g/mol. The Kier molecular flexibility index (Phi) is 6.12. The summed E-state index contributed by atoms with van der Waals surface area (Å²) in [5.41, 5.74) is 0. The van der Waals surface area contributed by atoms with Crippen LogP contribution < -0.4 is 5.32 Å². The second kappa shape index (κ2) is 7.36. The van der Waals surface area contributed by atoms with E-state index in [1.54, 1.807) is 0 Å². The number of hydrogen-bond donors (Lipinski definition) is 2. The predicted octanol–water partition coefficient (Wildman–Crippen LogP) is 2.46. The van der Waals surface area contributed by atoms with Gasteiger partial charge in [0.15, 0.2) is 0 Å². The van der Waals surface area contributed by atoms with Crippen LogP contribution in [0.2, 0.25) is 0 Å². The van der Waals surface area contributed by atoms with E-state index in [0.29, 0.717) is 12.5 Å². The van der Waals surface area contributed by atoms with Crippen molar-refractivity contribution in [2.75, 3.05) is 6.54 Å². The lowest BCUT2D eigenvalue weighted by Crippen LogP contribution is -2.50. The van der Waals surface area contributed by atoms with Crippen LogP contribution in [-0.4, -0.2) is 40.6 Å². The maximum Gasteiger partial charge on any atom is 0.325 e. The van der Waals surface area contributed by atoms with E-state index in [9.17, 15) is 9.59 Å². The molecular formula is C14H26N2O3. The van der Waals surface area contributed by atoms with E-state index in [0.717, 1.165) is 32.1 Å². The fourth-order valence-electron chi connectivity index (χ4n) is 2.39. The Bertz CT molecular complexity index is 312. The number of amides is 2. The lowest BCUT2D eigenvalue weighted by atomic mass is 10.1. The molecule has 0 unspecified atom stereocenters. The third-order valence-electron chi connectivity index (χ3n) is 3.68. The van der Waals surface area contributed by atoms with Crippen LogP contribution in [0, 0.1) is 5.92 Å². The van der Waals surface area contributed by atoms with E-state index in [4.69, 9.17) is 5.11 Å². The molecule has 0 saturated heterocycles. The van der Waals surface area contributed by atoms with E-state index < -0.39 is 12.0 Å². The Morgan fingerprint density at radius 3 is 2.32 bits per heavy atom. The van der Waals surface area contributed by atoms with Crippen molar-refractivity contribution in [3.63, 3.8) is 0 Å². The van der Waals surface area contributed by atoms with Crippen molar-refractivity contribution < 1.29 is 14.7 Å². The third kappa shape index (κ3) is 5.09. The number of urea groups is 1. The Morgan fingerprint density at radius 2 is 1.84 bits per heavy atom. The SMILES string of the molecule is CC(C)CCN(C(=O)N[C@H](C)C(=O)O)C1CCCC1. The van der Waals surface area contributed by atoms with Crippen molar-refractivity contribution in [2.45, 2.75) is 65.0 Å². The normalized spacial score (nSPS) is 17.5. The van der Waals surface area contributed by atoms with Gasteiger partial charge in [-0.3, -0.25) is 4.79 Å². The molecule has 2 amide bonds. The summed E-state index contributed by atoms with van der Waals surface area (Å²) in [6, 6.07) is -0.794. The molecule has 1 aliphatic rings. The predicted molar refractivity (Wildman–Crippen MR) is 74.0 cm³/mol. The molecule has 0 aromatic rings. The molecule has 5 heteroatoms. The summed E-state index contributed by atoms with van der Waals surface area (Å²) in [6.45, 7) is 6.46. The highest BCUT2D eigenvalue weighted by atomic mass is 16.4. The number of aliphatic carboxylic acids is 1. The first-order valence-electron chi connectivity index (χ1n) is 7.21. The van der Waals surface area contributed by atoms with Gasteiger partial charge in [-0.2, -0.15) is 0 Å². The summed E-state index contributed by atoms with van der Waals surface area (Å²) in [5.74, 6) is -0.461. The minimum atomic E-state index is -0.997. The minimum Gasteiger partial charge on any atom is -0.480 e. The summed E-state index contributed by atoms with van der Waals surface area (Å²) < 4.78 is 0. The fraction of sp³-hybridized carbons (Fsp3) is 0.857. The summed E-state index contributed by atoms with van der Waals surface area (Å²) in [5, 5.41) is 11.4. The van der Waals surface area contributed by atoms with Crippen LogP contribution in [0.15, 0.2) is 0 Å². The smallest absolute Gasteiger partial charge is 0.325 e. The molecule has 0 spiro atoms. The van der Waals surface area contributed by atoms with Crippen molar-refractivity contribution in [1.29, 1.82) is 0 Å². The first-order chi connectivity index (χ1) is 8.91. The van der Waals surface area contributed by atoms with Crippen molar-refractivity contribution >= 4 is 12.0 Å². The van der Waals surface area contributed by atoms with Gasteiger partial charge in [-0.1, -0.05) is 26.7 Å². The van der Waals surface area contributed by atoms with Crippen LogP contribution in [0.5, 0.6) is 0 Å². The second-order valence-corrected chi connectivity index (χ2v) is 5.82. The average Bonchev–Trinajstić information content (AvgIpc) is 2.82. The quantitative estimate of drug-likeness (QED) is 0.779. The van der Waals surface area contributed by atoms with Gasteiger partial charge in [0.2, 0.25) is 0 Å². The molecule has 0 radical (unpaired) electrons. The minimum absolute atomic E-state index is 0.234. The molecule has 110 valence electrons. The Balaban J connectivity index is 2.60. The van der Waals surface area contributed by atoms with E-state index in [-0.39, 0.29) is 12.1 Å². The number of carbonyl (C=O) groups excluding carboxylic acids is 1. The van der Waals surface area contributed by atoms with Gasteiger partial charge in [-0.05, 0) is 32.1 Å². The molecular weight excluding hydrogens is 244 g/mol. The molecule has 0 bridgehead atoms. The molecule has 1 atom stereocenters. The number of rotatable bonds is 6. The lowest BCUT2D eigenvalue weighted by Gasteiger charge is -2.30. The van der Waals surface area contributed by atoms with Crippen LogP contribution in [0.4, 0.5) is 4.79 Å². The number of hydrogen-bond acceptors (Lipinski definition) is 2. The Morgan fingerprint density at radius 1 is 1.26 bits per heavy atom. The molecule has 1 aliphatic carbocycles. The van der Waals surface area contributed by atoms with Crippen LogP contribution in [0.25, 0.3) is 0 Å². The van der Waals surface area contributed by atoms with Crippen LogP contribution in [-0.2, 0) is 4.79 Å². The largest absolute Gasteiger partial charge is 0.480 e. The number of nitrogens with zero attached hydrogens (tertiary/aromatic N) is 1.